The van der Waals surface area contributed by atoms with E-state index in [1.807, 2.05) is 0 Å². The van der Waals surface area contributed by atoms with Gasteiger partial charge in [0.1, 0.15) is 0 Å². The second kappa shape index (κ2) is 118. The molecular formula is HClFeNO-. The summed E-state index contributed by atoms with van der Waals surface area (Å²) in [6.07, 6.45) is 0. The molecule has 0 unspecified atom stereocenters. The van der Waals surface area contributed by atoms with E-state index in [9.17, 15) is 0 Å². The molecule has 0 radical (unpaired) electrons. The zero-order valence-electron chi connectivity index (χ0n) is 1.62. The summed E-state index contributed by atoms with van der Waals surface area (Å²) in [5.74, 6) is 0. The summed E-state index contributed by atoms with van der Waals surface area (Å²) in [7, 11) is 0. The van der Waals surface area contributed by atoms with Gasteiger partial charge in [-0.3, -0.25) is 0 Å². The fraction of sp³-hybridized carbons (Fsp3) is 0. The molecule has 0 heterocycles. The predicted octanol–water partition coefficient (Wildman–Crippen LogP) is 0.742. The number of rotatable bonds is 0. The first-order valence-electron chi connectivity index (χ1n) is 0.183. The summed E-state index contributed by atoms with van der Waals surface area (Å²) in [5.41, 5.74) is 5.75. The van der Waals surface area contributed by atoms with Crippen LogP contribution in [0.4, 0.5) is 0 Å². The number of hydrogen-bond acceptors (Lipinski definition) is 1. The van der Waals surface area contributed by atoms with Crippen LogP contribution in [0.5, 0.6) is 0 Å². The van der Waals surface area contributed by atoms with Gasteiger partial charge in [0.25, 0.3) is 0 Å². The van der Waals surface area contributed by atoms with E-state index in [1.54, 1.807) is 0 Å². The van der Waals surface area contributed by atoms with E-state index in [1.165, 1.54) is 0 Å². The van der Waals surface area contributed by atoms with Gasteiger partial charge in [-0.2, -0.15) is 0 Å². The van der Waals surface area contributed by atoms with Crippen molar-refractivity contribution in [3.8, 4) is 0 Å². The van der Waals surface area contributed by atoms with E-state index in [0.717, 1.165) is 0 Å². The van der Waals surface area contributed by atoms with Crippen molar-refractivity contribution >= 4 is 12.4 Å². The molecule has 0 bridgehead atoms. The molecule has 0 aromatic heterocycles. The normalized spacial score (nSPS) is 1.00. The van der Waals surface area contributed by atoms with Crippen molar-refractivity contribution in [1.29, 1.82) is 0 Å². The first-order chi connectivity index (χ1) is 1.00. The molecule has 0 aromatic rings. The number of halogens is 1. The van der Waals surface area contributed by atoms with Crippen molar-refractivity contribution in [3.05, 3.63) is 10.5 Å². The van der Waals surface area contributed by atoms with E-state index in [2.05, 4.69) is 0 Å². The molecule has 28 valence electrons. The predicted molar refractivity (Wildman–Crippen MR) is 14.0 cm³/mol. The summed E-state index contributed by atoms with van der Waals surface area (Å²) < 4.78 is 0. The van der Waals surface area contributed by atoms with Gasteiger partial charge < -0.3 is 10.5 Å². The molecule has 0 aliphatic heterocycles. The molecule has 0 saturated carbocycles. The summed E-state index contributed by atoms with van der Waals surface area (Å²) >= 11 is 0. The second-order valence-corrected chi connectivity index (χ2v) is 0. The molecule has 4 heteroatoms. The van der Waals surface area contributed by atoms with Gasteiger partial charge in [0.05, 0.1) is 0 Å². The zero-order chi connectivity index (χ0) is 2.00. The van der Waals surface area contributed by atoms with Crippen molar-refractivity contribution in [2.75, 3.05) is 0 Å². The Morgan fingerprint density at radius 3 is 1.25 bits per heavy atom. The largest absolute Gasteiger partial charge is 0.577 e. The van der Waals surface area contributed by atoms with Crippen molar-refractivity contribution in [1.82, 2.24) is 0 Å². The second-order valence-electron chi connectivity index (χ2n) is 0. The van der Waals surface area contributed by atoms with Gasteiger partial charge in [0.2, 0.25) is 0 Å². The Balaban J connectivity index is -0.00000000500. The minimum Gasteiger partial charge on any atom is -0.577 e. The fourth-order valence-electron chi connectivity index (χ4n) is 0. The van der Waals surface area contributed by atoms with Gasteiger partial charge in [-0.1, -0.05) is 0 Å². The van der Waals surface area contributed by atoms with Gasteiger partial charge in [-0.05, 0) is 0 Å². The van der Waals surface area contributed by atoms with Crippen LogP contribution >= 0.6 is 12.4 Å². The third-order valence-electron chi connectivity index (χ3n) is 0. The van der Waals surface area contributed by atoms with Gasteiger partial charge in [0, 0.05) is 17.1 Å². The standard InChI is InChI=1S/ClH.Fe.NO/c;;1-2/h1H;;/q;;-1. The summed E-state index contributed by atoms with van der Waals surface area (Å²) in [5, 5.41) is 0. The Kier molecular flexibility index (Phi) is 761. The van der Waals surface area contributed by atoms with Gasteiger partial charge >= 0.3 is 0 Å². The molecule has 0 aliphatic rings. The Labute approximate surface area is 40.6 Å². The Morgan fingerprint density at radius 1 is 1.25 bits per heavy atom. The molecule has 4 heavy (non-hydrogen) atoms. The van der Waals surface area contributed by atoms with E-state index in [0.29, 0.717) is 0 Å². The van der Waals surface area contributed by atoms with Gasteiger partial charge in [-0.15, -0.1) is 12.4 Å². The Bertz CT molecular complexity index is 8.00. The van der Waals surface area contributed by atoms with Crippen LogP contribution in [0, 0.1) is 4.91 Å². The smallest absolute Gasteiger partial charge is 0 e. The minimum absolute atomic E-state index is 0. The van der Waals surface area contributed by atoms with Crippen LogP contribution in [0.25, 0.3) is 5.59 Å². The van der Waals surface area contributed by atoms with E-state index in [-0.39, 0.29) is 29.5 Å². The number of hydrogen-bond donors (Lipinski definition) is 0. The van der Waals surface area contributed by atoms with E-state index >= 15 is 0 Å². The van der Waals surface area contributed by atoms with Crippen LogP contribution in [-0.2, 0) is 17.1 Å². The third kappa shape index (κ3) is 28.5. The average molecular weight is 122 g/mol. The van der Waals surface area contributed by atoms with Crippen molar-refractivity contribution in [3.63, 3.8) is 0 Å². The molecule has 0 fully saturated rings. The SMILES string of the molecule is Cl.[Fe].[N-]=O. The monoisotopic (exact) mass is 122 g/mol. The van der Waals surface area contributed by atoms with Crippen molar-refractivity contribution < 1.29 is 17.1 Å². The molecular weight excluding hydrogens is 121 g/mol. The zero-order valence-corrected chi connectivity index (χ0v) is 3.54. The van der Waals surface area contributed by atoms with Crippen molar-refractivity contribution in [2.24, 2.45) is 0 Å². The molecule has 0 aliphatic carbocycles. The molecule has 0 atom stereocenters. The fourth-order valence-corrected chi connectivity index (χ4v) is 0. The molecule has 0 spiro atoms. The van der Waals surface area contributed by atoms with Crippen LogP contribution in [0.1, 0.15) is 0 Å². The van der Waals surface area contributed by atoms with E-state index in [4.69, 9.17) is 10.5 Å². The molecule has 2 nitrogen and oxygen atoms in total. The number of nitroso groups, excluding NO2 is 1. The van der Waals surface area contributed by atoms with Gasteiger partial charge in [-0.25, -0.2) is 0 Å². The first kappa shape index (κ1) is 25.8. The van der Waals surface area contributed by atoms with Crippen LogP contribution in [0.2, 0.25) is 0 Å². The number of nitrogens with zero attached hydrogens (tertiary/aromatic N) is 1. The average Bonchev–Trinajstić information content (AvgIpc) is 1.00. The maximum absolute atomic E-state index is 7.25. The molecule has 0 N–H and O–H groups in total. The molecule has 0 saturated heterocycles. The summed E-state index contributed by atoms with van der Waals surface area (Å²) in [6, 6.07) is 0. The molecule has 0 aromatic carbocycles. The Hall–Kier alpha value is 0.409. The third-order valence-corrected chi connectivity index (χ3v) is 0. The molecule has 0 rings (SSSR count). The summed E-state index contributed by atoms with van der Waals surface area (Å²) in [4.78, 5) is 7.25. The van der Waals surface area contributed by atoms with Crippen LogP contribution < -0.4 is 0 Å². The first-order valence-corrected chi connectivity index (χ1v) is 0.183. The quantitative estimate of drug-likeness (QED) is 0.437. The maximum atomic E-state index is 7.25. The van der Waals surface area contributed by atoms with E-state index < -0.39 is 0 Å². The minimum atomic E-state index is 0. The van der Waals surface area contributed by atoms with Gasteiger partial charge in [0.15, 0.2) is 0 Å². The van der Waals surface area contributed by atoms with Crippen LogP contribution in [-0.4, -0.2) is 0 Å². The summed E-state index contributed by atoms with van der Waals surface area (Å²) in [6.45, 7) is 0. The maximum Gasteiger partial charge on any atom is 0 e. The topological polar surface area (TPSA) is 39.4 Å². The Morgan fingerprint density at radius 2 is 1.25 bits per heavy atom. The van der Waals surface area contributed by atoms with Crippen LogP contribution in [0.3, 0.4) is 0 Å². The van der Waals surface area contributed by atoms with Crippen LogP contribution in [0.15, 0.2) is 0 Å². The molecule has 0 amide bonds. The van der Waals surface area contributed by atoms with Crippen molar-refractivity contribution in [2.45, 2.75) is 0 Å².